The maximum Gasteiger partial charge on any atom is 0.416 e. The zero-order valence-electron chi connectivity index (χ0n) is 14.7. The lowest BCUT2D eigenvalue weighted by molar-refractivity contribution is 0.204. The largest absolute Gasteiger partial charge is 0.464 e. The molecule has 5 heteroatoms. The van der Waals surface area contributed by atoms with Crippen LogP contribution in [0, 0.1) is 6.92 Å². The molecule has 26 heavy (non-hydrogen) atoms. The summed E-state index contributed by atoms with van der Waals surface area (Å²) in [5, 5.41) is 9.85. The number of rotatable bonds is 5. The van der Waals surface area contributed by atoms with Gasteiger partial charge in [0.2, 0.25) is 5.88 Å². The van der Waals surface area contributed by atoms with E-state index in [1.807, 2.05) is 56.3 Å². The van der Waals surface area contributed by atoms with Crippen molar-refractivity contribution in [3.63, 3.8) is 0 Å². The molecule has 0 aliphatic heterocycles. The van der Waals surface area contributed by atoms with E-state index in [2.05, 4.69) is 4.98 Å². The van der Waals surface area contributed by atoms with Crippen LogP contribution >= 0.6 is 0 Å². The molecule has 0 aliphatic rings. The monoisotopic (exact) mass is 348 g/mol. The fourth-order valence-electron chi connectivity index (χ4n) is 2.74. The molecule has 2 aromatic carbocycles. The van der Waals surface area contributed by atoms with Crippen molar-refractivity contribution in [3.05, 3.63) is 78.0 Å². The third-order valence-electron chi connectivity index (χ3n) is 4.05. The molecule has 0 bridgehead atoms. The Bertz CT molecular complexity index is 896. The van der Waals surface area contributed by atoms with Crippen LogP contribution < -0.4 is 9.64 Å². The van der Waals surface area contributed by atoms with Gasteiger partial charge in [0, 0.05) is 5.69 Å². The van der Waals surface area contributed by atoms with Gasteiger partial charge < -0.3 is 9.84 Å². The second kappa shape index (κ2) is 7.70. The van der Waals surface area contributed by atoms with Gasteiger partial charge in [-0.05, 0) is 49.2 Å². The third kappa shape index (κ3) is 3.67. The number of aromatic nitrogens is 1. The van der Waals surface area contributed by atoms with Crippen LogP contribution in [0.5, 0.6) is 11.6 Å². The molecule has 3 rings (SSSR count). The lowest BCUT2D eigenvalue weighted by Crippen LogP contribution is -2.24. The molecule has 3 aromatic rings. The molecule has 0 radical (unpaired) electrons. The maximum atomic E-state index is 12.0. The number of hydrogen-bond donors (Lipinski definition) is 1. The van der Waals surface area contributed by atoms with E-state index >= 15 is 0 Å². The number of para-hydroxylation sites is 2. The molecule has 0 atom stereocenters. The minimum atomic E-state index is -1.10. The molecule has 1 amide bonds. The summed E-state index contributed by atoms with van der Waals surface area (Å²) in [4.78, 5) is 17.8. The van der Waals surface area contributed by atoms with E-state index in [9.17, 15) is 9.90 Å². The van der Waals surface area contributed by atoms with Crippen LogP contribution in [-0.2, 0) is 6.42 Å². The third-order valence-corrected chi connectivity index (χ3v) is 4.05. The van der Waals surface area contributed by atoms with E-state index in [1.165, 1.54) is 4.90 Å². The van der Waals surface area contributed by atoms with Crippen molar-refractivity contribution in [2.75, 3.05) is 4.90 Å². The fourth-order valence-corrected chi connectivity index (χ4v) is 2.74. The molecular weight excluding hydrogens is 328 g/mol. The highest BCUT2D eigenvalue weighted by Crippen LogP contribution is 2.36. The number of aryl methyl sites for hydroxylation is 2. The van der Waals surface area contributed by atoms with Crippen molar-refractivity contribution in [1.29, 1.82) is 0 Å². The summed E-state index contributed by atoms with van der Waals surface area (Å²) >= 11 is 0. The van der Waals surface area contributed by atoms with Crippen LogP contribution in [0.3, 0.4) is 0 Å². The second-order valence-corrected chi connectivity index (χ2v) is 5.78. The first-order chi connectivity index (χ1) is 12.6. The van der Waals surface area contributed by atoms with Crippen molar-refractivity contribution in [1.82, 2.24) is 4.98 Å². The smallest absolute Gasteiger partial charge is 0.416 e. The summed E-state index contributed by atoms with van der Waals surface area (Å²) in [6.45, 7) is 3.91. The molecular formula is C21H20N2O3. The normalized spacial score (nSPS) is 10.4. The topological polar surface area (TPSA) is 62.7 Å². The Labute approximate surface area is 152 Å². The first-order valence-corrected chi connectivity index (χ1v) is 8.41. The molecule has 0 spiro atoms. The molecule has 1 aromatic heterocycles. The first-order valence-electron chi connectivity index (χ1n) is 8.41. The van der Waals surface area contributed by atoms with Crippen molar-refractivity contribution in [2.24, 2.45) is 0 Å². The summed E-state index contributed by atoms with van der Waals surface area (Å²) in [6.07, 6.45) is -0.346. The van der Waals surface area contributed by atoms with Crippen LogP contribution in [0.1, 0.15) is 18.2 Å². The Balaban J connectivity index is 2.15. The number of ether oxygens (including phenoxy) is 1. The predicted molar refractivity (Wildman–Crippen MR) is 101 cm³/mol. The SMILES string of the molecule is CCc1cc(N(C(=O)O)c2ccccc2)c(Oc2ccccc2)nc1C. The Morgan fingerprint density at radius 1 is 1.08 bits per heavy atom. The highest BCUT2D eigenvalue weighted by molar-refractivity contribution is 5.96. The Morgan fingerprint density at radius 3 is 2.27 bits per heavy atom. The summed E-state index contributed by atoms with van der Waals surface area (Å²) in [7, 11) is 0. The molecule has 0 saturated carbocycles. The molecule has 0 fully saturated rings. The molecule has 1 N–H and O–H groups in total. The van der Waals surface area contributed by atoms with E-state index in [-0.39, 0.29) is 5.88 Å². The average molecular weight is 348 g/mol. The van der Waals surface area contributed by atoms with Gasteiger partial charge in [0.25, 0.3) is 0 Å². The van der Waals surface area contributed by atoms with Crippen LogP contribution in [-0.4, -0.2) is 16.2 Å². The zero-order chi connectivity index (χ0) is 18.5. The maximum absolute atomic E-state index is 12.0. The fraction of sp³-hybridized carbons (Fsp3) is 0.143. The number of anilines is 2. The zero-order valence-corrected chi connectivity index (χ0v) is 14.7. The average Bonchev–Trinajstić information content (AvgIpc) is 2.65. The van der Waals surface area contributed by atoms with E-state index in [0.717, 1.165) is 17.7 Å². The van der Waals surface area contributed by atoms with E-state index in [0.29, 0.717) is 17.1 Å². The number of hydrogen-bond acceptors (Lipinski definition) is 3. The highest BCUT2D eigenvalue weighted by Gasteiger charge is 2.23. The van der Waals surface area contributed by atoms with Crippen molar-refractivity contribution < 1.29 is 14.6 Å². The van der Waals surface area contributed by atoms with E-state index in [1.54, 1.807) is 24.3 Å². The van der Waals surface area contributed by atoms with Crippen molar-refractivity contribution in [2.45, 2.75) is 20.3 Å². The molecule has 0 saturated heterocycles. The summed E-state index contributed by atoms with van der Waals surface area (Å²) in [6, 6.07) is 20.0. The van der Waals surface area contributed by atoms with Gasteiger partial charge in [0.05, 0.1) is 5.69 Å². The molecule has 1 heterocycles. The predicted octanol–water partition coefficient (Wildman–Crippen LogP) is 5.56. The second-order valence-electron chi connectivity index (χ2n) is 5.78. The lowest BCUT2D eigenvalue weighted by Gasteiger charge is -2.23. The van der Waals surface area contributed by atoms with Crippen molar-refractivity contribution in [3.8, 4) is 11.6 Å². The number of pyridine rings is 1. The number of benzene rings is 2. The summed E-state index contributed by atoms with van der Waals surface area (Å²) in [5.41, 5.74) is 2.73. The van der Waals surface area contributed by atoms with Gasteiger partial charge in [-0.2, -0.15) is 0 Å². The molecule has 0 unspecified atom stereocenters. The van der Waals surface area contributed by atoms with Crippen LogP contribution in [0.25, 0.3) is 0 Å². The van der Waals surface area contributed by atoms with Crippen molar-refractivity contribution >= 4 is 17.5 Å². The van der Waals surface area contributed by atoms with Crippen LogP contribution in [0.4, 0.5) is 16.2 Å². The standard InChI is InChI=1S/C21H20N2O3/c1-3-16-14-19(23(21(24)25)17-10-6-4-7-11-17)20(22-15(16)2)26-18-12-8-5-9-13-18/h4-14H,3H2,1-2H3,(H,24,25). The highest BCUT2D eigenvalue weighted by atomic mass is 16.5. The van der Waals surface area contributed by atoms with Gasteiger partial charge in [-0.25, -0.2) is 14.7 Å². The molecule has 132 valence electrons. The van der Waals surface area contributed by atoms with Gasteiger partial charge in [-0.1, -0.05) is 43.3 Å². The van der Waals surface area contributed by atoms with Gasteiger partial charge in [-0.15, -0.1) is 0 Å². The minimum Gasteiger partial charge on any atom is -0.464 e. The van der Waals surface area contributed by atoms with Crippen LogP contribution in [0.2, 0.25) is 0 Å². The quantitative estimate of drug-likeness (QED) is 0.655. The van der Waals surface area contributed by atoms with E-state index < -0.39 is 6.09 Å². The Hall–Kier alpha value is -3.34. The minimum absolute atomic E-state index is 0.261. The molecule has 0 aliphatic carbocycles. The van der Waals surface area contributed by atoms with Gasteiger partial charge in [0.1, 0.15) is 11.4 Å². The number of carbonyl (C=O) groups is 1. The molecule has 5 nitrogen and oxygen atoms in total. The lowest BCUT2D eigenvalue weighted by atomic mass is 10.1. The summed E-state index contributed by atoms with van der Waals surface area (Å²) < 4.78 is 5.93. The van der Waals surface area contributed by atoms with Gasteiger partial charge in [0.15, 0.2) is 0 Å². The number of nitrogens with zero attached hydrogens (tertiary/aromatic N) is 2. The number of amides is 1. The Morgan fingerprint density at radius 2 is 1.69 bits per heavy atom. The van der Waals surface area contributed by atoms with Gasteiger partial charge >= 0.3 is 6.09 Å². The Kier molecular flexibility index (Phi) is 5.17. The summed E-state index contributed by atoms with van der Waals surface area (Å²) in [5.74, 6) is 0.862. The number of carboxylic acid groups (broad SMARTS) is 1. The van der Waals surface area contributed by atoms with Crippen LogP contribution in [0.15, 0.2) is 66.7 Å². The van der Waals surface area contributed by atoms with Gasteiger partial charge in [-0.3, -0.25) is 0 Å². The van der Waals surface area contributed by atoms with E-state index in [4.69, 9.17) is 4.74 Å². The first kappa shape index (κ1) is 17.5.